The van der Waals surface area contributed by atoms with Crippen LogP contribution in [0.4, 0.5) is 5.82 Å². The van der Waals surface area contributed by atoms with Crippen molar-refractivity contribution in [3.63, 3.8) is 0 Å². The quantitative estimate of drug-likeness (QED) is 0.858. The van der Waals surface area contributed by atoms with Crippen LogP contribution in [0.2, 0.25) is 0 Å². The van der Waals surface area contributed by atoms with E-state index in [0.29, 0.717) is 24.7 Å². The first-order chi connectivity index (χ1) is 9.93. The molecule has 1 aliphatic rings. The first-order valence-electron chi connectivity index (χ1n) is 6.58. The standard InChI is InChI=1S/C12H18N4O3S2/c1-3-13-10-5-4-9(14-15-10)12(17)16-6-7-20-8-11(16)21(2,18)19/h4-5,11H,3,6-8H2,1-2H3,(H,13,15). The molecule has 2 heterocycles. The average molecular weight is 330 g/mol. The number of sulfone groups is 1. The monoisotopic (exact) mass is 330 g/mol. The number of carbonyl (C=O) groups excluding carboxylic acids is 1. The van der Waals surface area contributed by atoms with Crippen LogP contribution in [0.1, 0.15) is 17.4 Å². The highest BCUT2D eigenvalue weighted by atomic mass is 32.2. The fraction of sp³-hybridized carbons (Fsp3) is 0.583. The van der Waals surface area contributed by atoms with Crippen molar-refractivity contribution in [1.82, 2.24) is 15.1 Å². The number of carbonyl (C=O) groups is 1. The van der Waals surface area contributed by atoms with Crippen molar-refractivity contribution in [3.8, 4) is 0 Å². The molecule has 1 aromatic rings. The van der Waals surface area contributed by atoms with E-state index in [4.69, 9.17) is 0 Å². The molecular weight excluding hydrogens is 312 g/mol. The van der Waals surface area contributed by atoms with Gasteiger partial charge >= 0.3 is 0 Å². The predicted molar refractivity (Wildman–Crippen MR) is 83.2 cm³/mol. The minimum absolute atomic E-state index is 0.164. The molecule has 1 unspecified atom stereocenters. The Balaban J connectivity index is 2.20. The van der Waals surface area contributed by atoms with Crippen LogP contribution in [0.5, 0.6) is 0 Å². The van der Waals surface area contributed by atoms with Gasteiger partial charge in [-0.3, -0.25) is 4.79 Å². The second-order valence-corrected chi connectivity index (χ2v) is 8.04. The maximum atomic E-state index is 12.5. The van der Waals surface area contributed by atoms with Crippen LogP contribution >= 0.6 is 11.8 Å². The Labute approximate surface area is 128 Å². The molecule has 1 N–H and O–H groups in total. The molecular formula is C12H18N4O3S2. The normalized spacial score (nSPS) is 19.3. The van der Waals surface area contributed by atoms with Gasteiger partial charge in [-0.05, 0) is 19.1 Å². The smallest absolute Gasteiger partial charge is 0.275 e. The van der Waals surface area contributed by atoms with E-state index >= 15 is 0 Å². The molecule has 0 bridgehead atoms. The summed E-state index contributed by atoms with van der Waals surface area (Å²) in [6, 6.07) is 3.23. The summed E-state index contributed by atoms with van der Waals surface area (Å²) in [5, 5.41) is 9.99. The van der Waals surface area contributed by atoms with Crippen molar-refractivity contribution in [3.05, 3.63) is 17.8 Å². The van der Waals surface area contributed by atoms with Crippen LogP contribution in [-0.4, -0.2) is 65.6 Å². The van der Waals surface area contributed by atoms with Gasteiger partial charge in [0, 0.05) is 30.9 Å². The van der Waals surface area contributed by atoms with Gasteiger partial charge in [-0.15, -0.1) is 10.2 Å². The highest BCUT2D eigenvalue weighted by molar-refractivity contribution is 8.00. The summed E-state index contributed by atoms with van der Waals surface area (Å²) >= 11 is 1.54. The summed E-state index contributed by atoms with van der Waals surface area (Å²) in [5.41, 5.74) is 0.164. The number of nitrogens with one attached hydrogen (secondary N) is 1. The molecule has 0 aromatic carbocycles. The number of hydrogen-bond acceptors (Lipinski definition) is 7. The third-order valence-electron chi connectivity index (χ3n) is 3.08. The van der Waals surface area contributed by atoms with Crippen LogP contribution < -0.4 is 5.32 Å². The third kappa shape index (κ3) is 3.85. The van der Waals surface area contributed by atoms with Gasteiger partial charge in [0.15, 0.2) is 15.5 Å². The number of nitrogens with zero attached hydrogens (tertiary/aromatic N) is 3. The molecule has 1 aliphatic heterocycles. The minimum atomic E-state index is -3.32. The lowest BCUT2D eigenvalue weighted by molar-refractivity contribution is 0.0742. The maximum Gasteiger partial charge on any atom is 0.275 e. The van der Waals surface area contributed by atoms with Crippen molar-refractivity contribution in [2.45, 2.75) is 12.3 Å². The molecule has 1 saturated heterocycles. The zero-order valence-corrected chi connectivity index (χ0v) is 13.6. The predicted octanol–water partition coefficient (Wildman–Crippen LogP) is 0.468. The highest BCUT2D eigenvalue weighted by Gasteiger charge is 2.35. The summed E-state index contributed by atoms with van der Waals surface area (Å²) in [4.78, 5) is 13.8. The van der Waals surface area contributed by atoms with Gasteiger partial charge in [-0.2, -0.15) is 11.8 Å². The number of thioether (sulfide) groups is 1. The molecule has 0 radical (unpaired) electrons. The zero-order chi connectivity index (χ0) is 15.5. The molecule has 9 heteroatoms. The van der Waals surface area contributed by atoms with Crippen molar-refractivity contribution >= 4 is 33.3 Å². The van der Waals surface area contributed by atoms with Gasteiger partial charge < -0.3 is 10.2 Å². The number of aromatic nitrogens is 2. The molecule has 116 valence electrons. The van der Waals surface area contributed by atoms with E-state index in [1.165, 1.54) is 16.7 Å². The van der Waals surface area contributed by atoms with Gasteiger partial charge in [0.25, 0.3) is 5.91 Å². The van der Waals surface area contributed by atoms with E-state index in [2.05, 4.69) is 15.5 Å². The number of rotatable bonds is 4. The largest absolute Gasteiger partial charge is 0.369 e. The second-order valence-electron chi connectivity index (χ2n) is 4.69. The van der Waals surface area contributed by atoms with Crippen molar-refractivity contribution in [2.24, 2.45) is 0 Å². The van der Waals surface area contributed by atoms with Crippen LogP contribution in [0.3, 0.4) is 0 Å². The molecule has 1 aromatic heterocycles. The Bertz CT molecular complexity index is 603. The number of amides is 1. The Morgan fingerprint density at radius 3 is 2.81 bits per heavy atom. The molecule has 7 nitrogen and oxygen atoms in total. The van der Waals surface area contributed by atoms with E-state index in [1.54, 1.807) is 12.1 Å². The van der Waals surface area contributed by atoms with E-state index in [-0.39, 0.29) is 11.6 Å². The lowest BCUT2D eigenvalue weighted by atomic mass is 10.3. The summed E-state index contributed by atoms with van der Waals surface area (Å²) < 4.78 is 23.6. The van der Waals surface area contributed by atoms with Crippen LogP contribution in [-0.2, 0) is 9.84 Å². The molecule has 0 saturated carbocycles. The van der Waals surface area contributed by atoms with Crippen LogP contribution in [0.15, 0.2) is 12.1 Å². The van der Waals surface area contributed by atoms with Gasteiger partial charge in [0.1, 0.15) is 11.2 Å². The molecule has 1 amide bonds. The number of anilines is 1. The van der Waals surface area contributed by atoms with E-state index in [0.717, 1.165) is 12.0 Å². The Hall–Kier alpha value is -1.35. The molecule has 1 fully saturated rings. The highest BCUT2D eigenvalue weighted by Crippen LogP contribution is 2.22. The van der Waals surface area contributed by atoms with Crippen LogP contribution in [0, 0.1) is 0 Å². The molecule has 1 atom stereocenters. The van der Waals surface area contributed by atoms with E-state index < -0.39 is 15.2 Å². The van der Waals surface area contributed by atoms with Gasteiger partial charge in [-0.25, -0.2) is 8.42 Å². The fourth-order valence-corrected chi connectivity index (χ4v) is 4.85. The first kappa shape index (κ1) is 16.0. The Morgan fingerprint density at radius 2 is 2.24 bits per heavy atom. The number of hydrogen-bond donors (Lipinski definition) is 1. The Morgan fingerprint density at radius 1 is 1.48 bits per heavy atom. The van der Waals surface area contributed by atoms with Gasteiger partial charge in [-0.1, -0.05) is 0 Å². The van der Waals surface area contributed by atoms with Gasteiger partial charge in [0.05, 0.1) is 0 Å². The second kappa shape index (κ2) is 6.61. The Kier molecular flexibility index (Phi) is 5.04. The molecule has 0 spiro atoms. The SMILES string of the molecule is CCNc1ccc(C(=O)N2CCSCC2S(C)(=O)=O)nn1. The summed E-state index contributed by atoms with van der Waals surface area (Å²) in [5.74, 6) is 1.32. The van der Waals surface area contributed by atoms with Crippen molar-refractivity contribution in [2.75, 3.05) is 36.2 Å². The van der Waals surface area contributed by atoms with Gasteiger partial charge in [0.2, 0.25) is 0 Å². The fourth-order valence-electron chi connectivity index (χ4n) is 2.04. The lowest BCUT2D eigenvalue weighted by Gasteiger charge is -2.33. The summed E-state index contributed by atoms with van der Waals surface area (Å²) in [7, 11) is -3.32. The topological polar surface area (TPSA) is 92.3 Å². The minimum Gasteiger partial charge on any atom is -0.369 e. The zero-order valence-electron chi connectivity index (χ0n) is 11.9. The first-order valence-corrected chi connectivity index (χ1v) is 9.69. The molecule has 2 rings (SSSR count). The maximum absolute atomic E-state index is 12.5. The molecule has 0 aliphatic carbocycles. The molecule has 21 heavy (non-hydrogen) atoms. The third-order valence-corrected chi connectivity index (χ3v) is 5.72. The summed E-state index contributed by atoms with van der Waals surface area (Å²) in [6.07, 6.45) is 1.16. The van der Waals surface area contributed by atoms with Crippen LogP contribution in [0.25, 0.3) is 0 Å². The lowest BCUT2D eigenvalue weighted by Crippen LogP contribution is -2.50. The van der Waals surface area contributed by atoms with E-state index in [1.807, 2.05) is 6.92 Å². The van der Waals surface area contributed by atoms with Crippen molar-refractivity contribution < 1.29 is 13.2 Å². The summed E-state index contributed by atoms with van der Waals surface area (Å²) in [6.45, 7) is 3.04. The van der Waals surface area contributed by atoms with E-state index in [9.17, 15) is 13.2 Å². The average Bonchev–Trinajstić information content (AvgIpc) is 2.47. The van der Waals surface area contributed by atoms with Crippen molar-refractivity contribution in [1.29, 1.82) is 0 Å².